The van der Waals surface area contributed by atoms with Crippen LogP contribution in [0.2, 0.25) is 0 Å². The molecule has 1 saturated carbocycles. The summed E-state index contributed by atoms with van der Waals surface area (Å²) in [6.07, 6.45) is 8.81. The monoisotopic (exact) mass is 319 g/mol. The summed E-state index contributed by atoms with van der Waals surface area (Å²) in [4.78, 5) is 8.35. The average Bonchev–Trinajstić information content (AvgIpc) is 2.53. The third-order valence-corrected chi connectivity index (χ3v) is 6.72. The van der Waals surface area contributed by atoms with Gasteiger partial charge in [0.25, 0.3) is 0 Å². The van der Waals surface area contributed by atoms with Crippen LogP contribution in [-0.4, -0.2) is 71.6 Å². The van der Waals surface area contributed by atoms with E-state index in [0.717, 1.165) is 30.1 Å². The maximum Gasteiger partial charge on any atom is 0.0244 e. The van der Waals surface area contributed by atoms with Crippen LogP contribution >= 0.6 is 0 Å². The van der Waals surface area contributed by atoms with E-state index in [9.17, 15) is 0 Å². The molecule has 5 fully saturated rings. The van der Waals surface area contributed by atoms with E-state index in [1.807, 2.05) is 0 Å². The molecule has 4 heterocycles. The Kier molecular flexibility index (Phi) is 5.82. The first-order valence-electron chi connectivity index (χ1n) is 9.94. The van der Waals surface area contributed by atoms with Gasteiger partial charge in [-0.15, -0.1) is 13.2 Å². The molecule has 0 aromatic carbocycles. The number of hydrogen-bond donors (Lipinski definition) is 0. The van der Waals surface area contributed by atoms with E-state index in [1.54, 1.807) is 0 Å². The number of piperidine rings is 2. The van der Waals surface area contributed by atoms with Crippen molar-refractivity contribution in [3.63, 3.8) is 0 Å². The van der Waals surface area contributed by atoms with Crippen molar-refractivity contribution in [3.8, 4) is 0 Å². The van der Waals surface area contributed by atoms with E-state index in [0.29, 0.717) is 0 Å². The number of hydrogen-bond acceptors (Lipinski definition) is 3. The van der Waals surface area contributed by atoms with E-state index in [2.05, 4.69) is 41.7 Å². The lowest BCUT2D eigenvalue weighted by molar-refractivity contribution is -0.116. The van der Waals surface area contributed by atoms with Gasteiger partial charge in [0, 0.05) is 43.8 Å². The molecule has 1 aliphatic carbocycles. The molecule has 132 valence electrons. The summed E-state index contributed by atoms with van der Waals surface area (Å²) in [5.41, 5.74) is 0. The smallest absolute Gasteiger partial charge is 0.0244 e. The van der Waals surface area contributed by atoms with Crippen molar-refractivity contribution in [1.82, 2.24) is 14.7 Å². The lowest BCUT2D eigenvalue weighted by Crippen LogP contribution is -2.72. The SMILES string of the molecule is C=C.CC(C)N1CCC(CN2CC3CC(C2)N3C2CCC2)CC1. The molecular weight excluding hydrogens is 282 g/mol. The van der Waals surface area contributed by atoms with E-state index >= 15 is 0 Å². The molecule has 5 rings (SSSR count). The van der Waals surface area contributed by atoms with E-state index < -0.39 is 0 Å². The maximum atomic E-state index is 3.00. The zero-order valence-corrected chi connectivity index (χ0v) is 15.4. The van der Waals surface area contributed by atoms with Crippen molar-refractivity contribution >= 4 is 0 Å². The van der Waals surface area contributed by atoms with Gasteiger partial charge in [0.15, 0.2) is 0 Å². The normalized spacial score (nSPS) is 33.7. The molecule has 4 saturated heterocycles. The van der Waals surface area contributed by atoms with Crippen molar-refractivity contribution in [2.75, 3.05) is 32.7 Å². The van der Waals surface area contributed by atoms with Gasteiger partial charge in [0.2, 0.25) is 0 Å². The van der Waals surface area contributed by atoms with Crippen LogP contribution in [-0.2, 0) is 0 Å². The molecule has 2 unspecified atom stereocenters. The molecule has 0 spiro atoms. The van der Waals surface area contributed by atoms with Gasteiger partial charge in [-0.05, 0) is 65.0 Å². The van der Waals surface area contributed by atoms with Crippen molar-refractivity contribution in [2.24, 2.45) is 5.92 Å². The second-order valence-corrected chi connectivity index (χ2v) is 8.37. The number of fused-ring (bicyclic) bond motifs is 2. The Labute approximate surface area is 143 Å². The number of piperazine rings is 1. The van der Waals surface area contributed by atoms with Crippen molar-refractivity contribution in [1.29, 1.82) is 0 Å². The quantitative estimate of drug-likeness (QED) is 0.737. The van der Waals surface area contributed by atoms with Crippen LogP contribution in [0.25, 0.3) is 0 Å². The molecule has 5 aliphatic rings. The minimum Gasteiger partial charge on any atom is -0.301 e. The number of rotatable bonds is 4. The predicted molar refractivity (Wildman–Crippen MR) is 98.8 cm³/mol. The third kappa shape index (κ3) is 3.67. The minimum absolute atomic E-state index is 0.740. The number of nitrogens with zero attached hydrogens (tertiary/aromatic N) is 3. The zero-order chi connectivity index (χ0) is 16.4. The van der Waals surface area contributed by atoms with Gasteiger partial charge in [0.1, 0.15) is 0 Å². The predicted octanol–water partition coefficient (Wildman–Crippen LogP) is 3.22. The van der Waals surface area contributed by atoms with Crippen LogP contribution < -0.4 is 0 Å². The second-order valence-electron chi connectivity index (χ2n) is 8.37. The minimum atomic E-state index is 0.740. The van der Waals surface area contributed by atoms with Gasteiger partial charge < -0.3 is 4.90 Å². The van der Waals surface area contributed by atoms with Gasteiger partial charge in [-0.25, -0.2) is 0 Å². The van der Waals surface area contributed by atoms with Crippen LogP contribution in [0.4, 0.5) is 0 Å². The van der Waals surface area contributed by atoms with Gasteiger partial charge >= 0.3 is 0 Å². The van der Waals surface area contributed by atoms with Crippen LogP contribution in [0.5, 0.6) is 0 Å². The highest BCUT2D eigenvalue weighted by molar-refractivity contribution is 5.05. The fourth-order valence-corrected chi connectivity index (χ4v) is 5.17. The van der Waals surface area contributed by atoms with Gasteiger partial charge in [-0.1, -0.05) is 6.42 Å². The first-order valence-corrected chi connectivity index (χ1v) is 9.94. The summed E-state index contributed by atoms with van der Waals surface area (Å²) in [5, 5.41) is 0. The Balaban J connectivity index is 0.000000753. The summed E-state index contributed by atoms with van der Waals surface area (Å²) >= 11 is 0. The van der Waals surface area contributed by atoms with E-state index in [4.69, 9.17) is 0 Å². The molecule has 2 bridgehead atoms. The molecular formula is C20H37N3. The Bertz CT molecular complexity index is 359. The number of likely N-dealkylation sites (tertiary alicyclic amines) is 1. The van der Waals surface area contributed by atoms with E-state index in [-0.39, 0.29) is 0 Å². The first-order chi connectivity index (χ1) is 11.2. The Morgan fingerprint density at radius 2 is 1.52 bits per heavy atom. The summed E-state index contributed by atoms with van der Waals surface area (Å²) in [6, 6.07) is 3.56. The summed E-state index contributed by atoms with van der Waals surface area (Å²) in [6.45, 7) is 17.5. The van der Waals surface area contributed by atoms with Crippen molar-refractivity contribution < 1.29 is 0 Å². The van der Waals surface area contributed by atoms with Crippen molar-refractivity contribution in [3.05, 3.63) is 13.2 Å². The molecule has 0 amide bonds. The fraction of sp³-hybridized carbons (Fsp3) is 0.900. The standard InChI is InChI=1S/C18H33N3.C2H4/c1-14(2)20-8-6-15(7-9-20)11-19-12-17-10-18(13-19)21(17)16-4-3-5-16;1-2/h14-18H,3-13H2,1-2H3;1-2H2. The molecule has 3 heteroatoms. The third-order valence-electron chi connectivity index (χ3n) is 6.72. The second kappa shape index (κ2) is 7.67. The van der Waals surface area contributed by atoms with Gasteiger partial charge in [-0.3, -0.25) is 9.80 Å². The summed E-state index contributed by atoms with van der Waals surface area (Å²) in [5.74, 6) is 0.967. The Morgan fingerprint density at radius 1 is 0.913 bits per heavy atom. The molecule has 3 nitrogen and oxygen atoms in total. The lowest BCUT2D eigenvalue weighted by atomic mass is 9.79. The van der Waals surface area contributed by atoms with E-state index in [1.165, 1.54) is 71.2 Å². The highest BCUT2D eigenvalue weighted by atomic mass is 15.4. The molecule has 0 N–H and O–H groups in total. The van der Waals surface area contributed by atoms with Crippen molar-refractivity contribution in [2.45, 2.75) is 76.5 Å². The summed E-state index contributed by atoms with van der Waals surface area (Å²) < 4.78 is 0. The van der Waals surface area contributed by atoms with Crippen LogP contribution in [0, 0.1) is 5.92 Å². The molecule has 0 aromatic rings. The maximum absolute atomic E-state index is 3.00. The van der Waals surface area contributed by atoms with Gasteiger partial charge in [-0.2, -0.15) is 0 Å². The topological polar surface area (TPSA) is 9.72 Å². The van der Waals surface area contributed by atoms with Gasteiger partial charge in [0.05, 0.1) is 0 Å². The Hall–Kier alpha value is -0.380. The summed E-state index contributed by atoms with van der Waals surface area (Å²) in [7, 11) is 0. The van der Waals surface area contributed by atoms with Crippen LogP contribution in [0.15, 0.2) is 13.2 Å². The molecule has 2 atom stereocenters. The molecule has 4 aliphatic heterocycles. The molecule has 0 radical (unpaired) electrons. The largest absolute Gasteiger partial charge is 0.301 e. The average molecular weight is 320 g/mol. The fourth-order valence-electron chi connectivity index (χ4n) is 5.17. The highest BCUT2D eigenvalue weighted by Crippen LogP contribution is 2.40. The van der Waals surface area contributed by atoms with Crippen LogP contribution in [0.1, 0.15) is 52.4 Å². The Morgan fingerprint density at radius 3 is 2.00 bits per heavy atom. The molecule has 0 aromatic heterocycles. The first kappa shape index (κ1) is 17.4. The molecule has 23 heavy (non-hydrogen) atoms. The lowest BCUT2D eigenvalue weighted by Gasteiger charge is -2.61. The zero-order valence-electron chi connectivity index (χ0n) is 15.4. The highest BCUT2D eigenvalue weighted by Gasteiger charge is 2.48. The van der Waals surface area contributed by atoms with Crippen LogP contribution in [0.3, 0.4) is 0 Å².